The lowest BCUT2D eigenvalue weighted by molar-refractivity contribution is -0.113. The monoisotopic (exact) mass is 484 g/mol. The summed E-state index contributed by atoms with van der Waals surface area (Å²) in [4.78, 5) is 36.0. The van der Waals surface area contributed by atoms with Crippen LogP contribution in [0.15, 0.2) is 42.5 Å². The van der Waals surface area contributed by atoms with Crippen molar-refractivity contribution in [2.75, 3.05) is 29.2 Å². The Balaban J connectivity index is 1.42. The van der Waals surface area contributed by atoms with E-state index in [-0.39, 0.29) is 23.7 Å². The quantitative estimate of drug-likeness (QED) is 0.225. The highest BCUT2D eigenvalue weighted by Crippen LogP contribution is 2.21. The molecule has 0 aromatic heterocycles. The molecule has 1 fully saturated rings. The fourth-order valence-corrected chi connectivity index (χ4v) is 4.67. The van der Waals surface area contributed by atoms with Gasteiger partial charge in [-0.1, -0.05) is 31.4 Å². The zero-order chi connectivity index (χ0) is 24.3. The van der Waals surface area contributed by atoms with Gasteiger partial charge in [0.2, 0.25) is 5.91 Å². The van der Waals surface area contributed by atoms with Gasteiger partial charge >= 0.3 is 5.97 Å². The summed E-state index contributed by atoms with van der Waals surface area (Å²) in [6.07, 6.45) is 7.60. The van der Waals surface area contributed by atoms with Gasteiger partial charge in [0.15, 0.2) is 5.78 Å². The Morgan fingerprint density at radius 2 is 1.76 bits per heavy atom. The van der Waals surface area contributed by atoms with Crippen LogP contribution in [-0.4, -0.2) is 47.0 Å². The maximum Gasteiger partial charge on any atom is 0.335 e. The first-order valence-electron chi connectivity index (χ1n) is 11.7. The van der Waals surface area contributed by atoms with Gasteiger partial charge in [-0.2, -0.15) is 11.8 Å². The molecule has 7 nitrogen and oxygen atoms in total. The van der Waals surface area contributed by atoms with Crippen molar-refractivity contribution in [1.29, 1.82) is 0 Å². The number of aromatic carboxylic acids is 1. The van der Waals surface area contributed by atoms with Crippen molar-refractivity contribution in [3.8, 4) is 0 Å². The van der Waals surface area contributed by atoms with E-state index in [9.17, 15) is 14.4 Å². The van der Waals surface area contributed by atoms with Crippen LogP contribution in [0.2, 0.25) is 0 Å². The average Bonchev–Trinajstić information content (AvgIpc) is 2.82. The number of hydrogen-bond acceptors (Lipinski definition) is 6. The molecule has 8 heteroatoms. The molecule has 34 heavy (non-hydrogen) atoms. The normalized spacial score (nSPS) is 14.0. The minimum atomic E-state index is -1.01. The number of amides is 1. The first-order valence-corrected chi connectivity index (χ1v) is 12.8. The van der Waals surface area contributed by atoms with Crippen LogP contribution >= 0.6 is 11.8 Å². The molecule has 0 heterocycles. The average molecular weight is 485 g/mol. The third-order valence-corrected chi connectivity index (χ3v) is 6.74. The van der Waals surface area contributed by atoms with E-state index < -0.39 is 5.97 Å². The number of nitrogens with two attached hydrogens (primary N) is 1. The third-order valence-electron chi connectivity index (χ3n) is 5.70. The van der Waals surface area contributed by atoms with Crippen LogP contribution in [-0.2, 0) is 16.0 Å². The van der Waals surface area contributed by atoms with E-state index in [2.05, 4.69) is 5.32 Å². The van der Waals surface area contributed by atoms with Crippen LogP contribution in [0.25, 0.3) is 0 Å². The van der Waals surface area contributed by atoms with E-state index in [0.717, 1.165) is 31.6 Å². The number of carboxylic acid groups (broad SMARTS) is 1. The molecule has 2 aromatic carbocycles. The lowest BCUT2D eigenvalue weighted by atomic mass is 9.98. The molecule has 0 unspecified atom stereocenters. The van der Waals surface area contributed by atoms with E-state index >= 15 is 0 Å². The Kier molecular flexibility index (Phi) is 9.97. The smallest absolute Gasteiger partial charge is 0.335 e. The molecule has 1 saturated carbocycles. The van der Waals surface area contributed by atoms with Crippen molar-refractivity contribution < 1.29 is 24.2 Å². The number of ketones is 1. The van der Waals surface area contributed by atoms with Gasteiger partial charge in [-0.3, -0.25) is 9.59 Å². The number of Topliss-reactive ketones (excluding diaryl/α,β-unsaturated/α-hetero) is 1. The topological polar surface area (TPSA) is 119 Å². The van der Waals surface area contributed by atoms with Gasteiger partial charge in [0, 0.05) is 30.0 Å². The molecular weight excluding hydrogens is 452 g/mol. The molecule has 0 atom stereocenters. The largest absolute Gasteiger partial charge is 0.478 e. The van der Waals surface area contributed by atoms with E-state index in [0.29, 0.717) is 34.4 Å². The molecule has 0 saturated heterocycles. The molecule has 0 spiro atoms. The number of hydrogen-bond donors (Lipinski definition) is 3. The summed E-state index contributed by atoms with van der Waals surface area (Å²) >= 11 is 1.55. The van der Waals surface area contributed by atoms with Crippen LogP contribution < -0.4 is 11.1 Å². The second-order valence-electron chi connectivity index (χ2n) is 8.53. The Morgan fingerprint density at radius 3 is 2.47 bits per heavy atom. The van der Waals surface area contributed by atoms with Crippen molar-refractivity contribution in [2.45, 2.75) is 51.0 Å². The van der Waals surface area contributed by atoms with Gasteiger partial charge in [0.1, 0.15) is 0 Å². The number of nitrogens with one attached hydrogen (secondary N) is 1. The number of benzene rings is 2. The second kappa shape index (κ2) is 13.2. The highest BCUT2D eigenvalue weighted by molar-refractivity contribution is 7.99. The first kappa shape index (κ1) is 25.8. The summed E-state index contributed by atoms with van der Waals surface area (Å²) in [6, 6.07) is 11.0. The molecule has 182 valence electrons. The van der Waals surface area contributed by atoms with E-state index in [1.165, 1.54) is 31.4 Å². The number of rotatable bonds is 12. The molecule has 1 amide bonds. The second-order valence-corrected chi connectivity index (χ2v) is 9.64. The van der Waals surface area contributed by atoms with E-state index in [1.54, 1.807) is 42.1 Å². The lowest BCUT2D eigenvalue weighted by Crippen LogP contribution is -2.18. The van der Waals surface area contributed by atoms with Crippen LogP contribution in [0, 0.1) is 0 Å². The standard InChI is InChI=1S/C26H32N2O5S/c27-21-14-20(24(29)13-18-7-9-19(10-8-18)26(31)32)15-22(16-21)28-25(30)17-34-12-4-11-33-23-5-2-1-3-6-23/h7-10,14-16,23H,1-6,11-13,17,27H2,(H,28,30)(H,31,32). The molecule has 1 aliphatic carbocycles. The van der Waals surface area contributed by atoms with Crippen LogP contribution in [0.5, 0.6) is 0 Å². The summed E-state index contributed by atoms with van der Waals surface area (Å²) in [5, 5.41) is 11.8. The fraction of sp³-hybridized carbons (Fsp3) is 0.423. The Labute approximate surface area is 204 Å². The summed E-state index contributed by atoms with van der Waals surface area (Å²) in [5.41, 5.74) is 8.08. The van der Waals surface area contributed by atoms with E-state index in [1.807, 2.05) is 0 Å². The SMILES string of the molecule is Nc1cc(NC(=O)CSCCCOC2CCCCC2)cc(C(=O)Cc2ccc(C(=O)O)cc2)c1. The summed E-state index contributed by atoms with van der Waals surface area (Å²) in [7, 11) is 0. The number of carboxylic acids is 1. The van der Waals surface area contributed by atoms with Crippen molar-refractivity contribution in [3.05, 3.63) is 59.2 Å². The zero-order valence-electron chi connectivity index (χ0n) is 19.3. The maximum absolute atomic E-state index is 12.7. The highest BCUT2D eigenvalue weighted by Gasteiger charge is 2.14. The molecule has 0 radical (unpaired) electrons. The number of nitrogen functional groups attached to an aromatic ring is 1. The van der Waals surface area contributed by atoms with Crippen molar-refractivity contribution in [1.82, 2.24) is 0 Å². The lowest BCUT2D eigenvalue weighted by Gasteiger charge is -2.21. The van der Waals surface area contributed by atoms with Crippen molar-refractivity contribution in [2.24, 2.45) is 0 Å². The highest BCUT2D eigenvalue weighted by atomic mass is 32.2. The summed E-state index contributed by atoms with van der Waals surface area (Å²) in [6.45, 7) is 0.735. The van der Waals surface area contributed by atoms with E-state index in [4.69, 9.17) is 15.6 Å². The number of ether oxygens (including phenoxy) is 1. The van der Waals surface area contributed by atoms with Crippen molar-refractivity contribution >= 4 is 40.8 Å². The number of anilines is 2. The molecule has 0 bridgehead atoms. The minimum Gasteiger partial charge on any atom is -0.478 e. The summed E-state index contributed by atoms with van der Waals surface area (Å²) in [5.74, 6) is -0.163. The Morgan fingerprint density at radius 1 is 1.03 bits per heavy atom. The predicted octanol–water partition coefficient (Wildman–Crippen LogP) is 4.80. The van der Waals surface area contributed by atoms with Crippen molar-refractivity contribution in [3.63, 3.8) is 0 Å². The number of carbonyl (C=O) groups excluding carboxylic acids is 2. The van der Waals surface area contributed by atoms with Gasteiger partial charge in [-0.15, -0.1) is 0 Å². The summed E-state index contributed by atoms with van der Waals surface area (Å²) < 4.78 is 5.91. The van der Waals surface area contributed by atoms with Gasteiger partial charge in [-0.25, -0.2) is 4.79 Å². The minimum absolute atomic E-state index is 0.107. The number of thioether (sulfide) groups is 1. The van der Waals surface area contributed by atoms with Gasteiger partial charge in [0.25, 0.3) is 0 Å². The molecular formula is C26H32N2O5S. The molecule has 3 rings (SSSR count). The molecule has 1 aliphatic rings. The zero-order valence-corrected chi connectivity index (χ0v) is 20.1. The molecule has 0 aliphatic heterocycles. The van der Waals surface area contributed by atoms with Gasteiger partial charge in [0.05, 0.1) is 17.4 Å². The Hall–Kier alpha value is -2.84. The van der Waals surface area contributed by atoms with Crippen LogP contribution in [0.1, 0.15) is 64.8 Å². The number of carbonyl (C=O) groups is 3. The predicted molar refractivity (Wildman–Crippen MR) is 136 cm³/mol. The van der Waals surface area contributed by atoms with Gasteiger partial charge < -0.3 is 20.9 Å². The third kappa shape index (κ3) is 8.50. The van der Waals surface area contributed by atoms with Crippen LogP contribution in [0.4, 0.5) is 11.4 Å². The maximum atomic E-state index is 12.7. The molecule has 4 N–H and O–H groups in total. The first-order chi connectivity index (χ1) is 16.4. The van der Waals surface area contributed by atoms with Crippen LogP contribution in [0.3, 0.4) is 0 Å². The fourth-order valence-electron chi connectivity index (χ4n) is 3.94. The van der Waals surface area contributed by atoms with Gasteiger partial charge in [-0.05, 0) is 60.9 Å². The molecule has 2 aromatic rings. The Bertz CT molecular complexity index is 987.